The number of nitrogens with zero attached hydrogens (tertiary/aromatic N) is 6. The van der Waals surface area contributed by atoms with Crippen LogP contribution in [0.15, 0.2) is 53.7 Å². The van der Waals surface area contributed by atoms with E-state index in [0.29, 0.717) is 12.1 Å². The van der Waals surface area contributed by atoms with Gasteiger partial charge in [-0.25, -0.2) is 22.4 Å². The highest BCUT2D eigenvalue weighted by atomic mass is 32.2. The second-order valence-electron chi connectivity index (χ2n) is 8.55. The van der Waals surface area contributed by atoms with Gasteiger partial charge in [0.05, 0.1) is 22.7 Å². The summed E-state index contributed by atoms with van der Waals surface area (Å²) in [4.78, 5) is 11.9. The quantitative estimate of drug-likeness (QED) is 0.387. The highest BCUT2D eigenvalue weighted by Gasteiger charge is 2.28. The number of fused-ring (bicyclic) bond motifs is 3. The second kappa shape index (κ2) is 8.61. The molecular weight excluding hydrogens is 436 g/mol. The molecule has 1 aliphatic heterocycles. The van der Waals surface area contributed by atoms with E-state index in [4.69, 9.17) is 10.2 Å². The molecule has 5 rings (SSSR count). The van der Waals surface area contributed by atoms with Crippen LogP contribution in [0.2, 0.25) is 0 Å². The van der Waals surface area contributed by atoms with Crippen LogP contribution in [0.25, 0.3) is 22.1 Å². The van der Waals surface area contributed by atoms with Gasteiger partial charge < -0.3 is 9.47 Å². The van der Waals surface area contributed by atoms with E-state index in [0.717, 1.165) is 61.1 Å². The van der Waals surface area contributed by atoms with Crippen LogP contribution < -0.4 is 0 Å². The van der Waals surface area contributed by atoms with Gasteiger partial charge in [0.2, 0.25) is 0 Å². The number of aryl methyl sites for hydroxylation is 1. The molecule has 0 bridgehead atoms. The van der Waals surface area contributed by atoms with Crippen LogP contribution in [-0.4, -0.2) is 51.5 Å². The van der Waals surface area contributed by atoms with E-state index in [1.54, 1.807) is 42.7 Å². The minimum Gasteiger partial charge on any atom is -0.323 e. The molecule has 33 heavy (non-hydrogen) atoms. The molecule has 1 unspecified atom stereocenters. The molecule has 1 saturated heterocycles. The van der Waals surface area contributed by atoms with Gasteiger partial charge in [-0.15, -0.1) is 0 Å². The SMILES string of the molecule is Cc1nc2cnc3c(ccn3S(=O)(=O)c3ccccc3)c2n1C1CCN(CCCCC#N)C1. The Hall–Kier alpha value is -3.22. The van der Waals surface area contributed by atoms with Gasteiger partial charge in [0.15, 0.2) is 5.65 Å². The van der Waals surface area contributed by atoms with Crippen LogP contribution in [0, 0.1) is 18.3 Å². The van der Waals surface area contributed by atoms with E-state index in [9.17, 15) is 8.42 Å². The Morgan fingerprint density at radius 3 is 2.79 bits per heavy atom. The number of pyridine rings is 1. The average molecular weight is 463 g/mol. The zero-order chi connectivity index (χ0) is 23.0. The van der Waals surface area contributed by atoms with Crippen molar-refractivity contribution >= 4 is 32.1 Å². The minimum absolute atomic E-state index is 0.233. The third-order valence-corrected chi connectivity index (χ3v) is 8.11. The Balaban J connectivity index is 1.52. The Labute approximate surface area is 193 Å². The monoisotopic (exact) mass is 462 g/mol. The summed E-state index contributed by atoms with van der Waals surface area (Å²) in [6, 6.07) is 12.7. The van der Waals surface area contributed by atoms with Crippen molar-refractivity contribution in [2.75, 3.05) is 19.6 Å². The highest BCUT2D eigenvalue weighted by Crippen LogP contribution is 2.33. The molecule has 0 amide bonds. The number of imidazole rings is 1. The number of aromatic nitrogens is 4. The molecule has 4 aromatic rings. The molecule has 1 aromatic carbocycles. The molecule has 0 saturated carbocycles. The van der Waals surface area contributed by atoms with Crippen molar-refractivity contribution in [1.29, 1.82) is 5.26 Å². The number of unbranched alkanes of at least 4 members (excludes halogenated alkanes) is 2. The maximum Gasteiger partial charge on any atom is 0.269 e. The van der Waals surface area contributed by atoms with Gasteiger partial charge in [-0.3, -0.25) is 0 Å². The summed E-state index contributed by atoms with van der Waals surface area (Å²) in [6.45, 7) is 4.92. The molecule has 1 fully saturated rings. The van der Waals surface area contributed by atoms with Crippen molar-refractivity contribution in [3.8, 4) is 6.07 Å². The summed E-state index contributed by atoms with van der Waals surface area (Å²) in [5.41, 5.74) is 2.14. The maximum absolute atomic E-state index is 13.3. The molecule has 9 heteroatoms. The van der Waals surface area contributed by atoms with Crippen molar-refractivity contribution in [2.45, 2.75) is 43.5 Å². The van der Waals surface area contributed by atoms with Gasteiger partial charge >= 0.3 is 0 Å². The summed E-state index contributed by atoms with van der Waals surface area (Å²) < 4.78 is 30.0. The molecule has 1 aliphatic rings. The van der Waals surface area contributed by atoms with Crippen LogP contribution >= 0.6 is 0 Å². The first-order valence-corrected chi connectivity index (χ1v) is 12.7. The predicted octanol–water partition coefficient (Wildman–Crippen LogP) is 3.87. The predicted molar refractivity (Wildman–Crippen MR) is 126 cm³/mol. The zero-order valence-corrected chi connectivity index (χ0v) is 19.4. The number of hydrogen-bond acceptors (Lipinski definition) is 6. The van der Waals surface area contributed by atoms with Gasteiger partial charge in [-0.2, -0.15) is 5.26 Å². The average Bonchev–Trinajstić information content (AvgIpc) is 3.53. The summed E-state index contributed by atoms with van der Waals surface area (Å²) >= 11 is 0. The zero-order valence-electron chi connectivity index (χ0n) is 18.6. The number of nitriles is 1. The molecule has 4 heterocycles. The fourth-order valence-corrected chi connectivity index (χ4v) is 6.20. The number of likely N-dealkylation sites (tertiary alicyclic amines) is 1. The van der Waals surface area contributed by atoms with Gasteiger partial charge in [0.1, 0.15) is 11.3 Å². The van der Waals surface area contributed by atoms with Crippen molar-refractivity contribution < 1.29 is 8.42 Å². The molecule has 0 spiro atoms. The first kappa shape index (κ1) is 21.6. The van der Waals surface area contributed by atoms with Crippen molar-refractivity contribution in [3.05, 3.63) is 54.6 Å². The van der Waals surface area contributed by atoms with Gasteiger partial charge in [0.25, 0.3) is 10.0 Å². The Morgan fingerprint density at radius 1 is 1.18 bits per heavy atom. The first-order chi connectivity index (χ1) is 16.0. The third kappa shape index (κ3) is 3.79. The molecule has 0 N–H and O–H groups in total. The van der Waals surface area contributed by atoms with Gasteiger partial charge in [-0.1, -0.05) is 18.2 Å². The van der Waals surface area contributed by atoms with Crippen LogP contribution in [0.4, 0.5) is 0 Å². The van der Waals surface area contributed by atoms with Crippen LogP contribution in [0.1, 0.15) is 37.5 Å². The lowest BCUT2D eigenvalue weighted by Crippen LogP contribution is -2.23. The lowest BCUT2D eigenvalue weighted by atomic mass is 10.2. The normalized spacial score (nSPS) is 17.2. The van der Waals surface area contributed by atoms with E-state index < -0.39 is 10.0 Å². The molecule has 3 aromatic heterocycles. The fourth-order valence-electron chi connectivity index (χ4n) is 4.88. The third-order valence-electron chi connectivity index (χ3n) is 6.43. The molecule has 0 aliphatic carbocycles. The van der Waals surface area contributed by atoms with E-state index in [1.165, 1.54) is 3.97 Å². The van der Waals surface area contributed by atoms with Gasteiger partial charge in [-0.05, 0) is 50.9 Å². The van der Waals surface area contributed by atoms with Crippen molar-refractivity contribution in [1.82, 2.24) is 23.4 Å². The summed E-state index contributed by atoms with van der Waals surface area (Å²) in [6.07, 6.45) is 6.83. The van der Waals surface area contributed by atoms with E-state index in [2.05, 4.69) is 20.5 Å². The highest BCUT2D eigenvalue weighted by molar-refractivity contribution is 7.90. The molecule has 1 atom stereocenters. The van der Waals surface area contributed by atoms with E-state index in [1.807, 2.05) is 13.0 Å². The standard InChI is InChI=1S/C24H26N6O2S/c1-18-27-22-16-26-24-21(11-15-29(24)33(31,32)20-8-4-2-5-9-20)23(22)30(18)19-10-14-28(17-19)13-7-3-6-12-25/h2,4-5,8-9,11,15-16,19H,3,6-7,10,13-14,17H2,1H3. The first-order valence-electron chi connectivity index (χ1n) is 11.2. The Kier molecular flexibility index (Phi) is 5.64. The minimum atomic E-state index is -3.75. The summed E-state index contributed by atoms with van der Waals surface area (Å²) in [5, 5.41) is 9.53. The van der Waals surface area contributed by atoms with Crippen LogP contribution in [0.3, 0.4) is 0 Å². The molecular formula is C24H26N6O2S. The second-order valence-corrected chi connectivity index (χ2v) is 10.4. The Morgan fingerprint density at radius 2 is 2.00 bits per heavy atom. The topological polar surface area (TPSA) is 96.8 Å². The smallest absolute Gasteiger partial charge is 0.269 e. The summed E-state index contributed by atoms with van der Waals surface area (Å²) in [5.74, 6) is 0.911. The lowest BCUT2D eigenvalue weighted by Gasteiger charge is -2.18. The lowest BCUT2D eigenvalue weighted by molar-refractivity contribution is 0.317. The van der Waals surface area contributed by atoms with Gasteiger partial charge in [0, 0.05) is 37.1 Å². The number of hydrogen-bond donors (Lipinski definition) is 0. The fraction of sp³-hybridized carbons (Fsp3) is 0.375. The largest absolute Gasteiger partial charge is 0.323 e. The summed E-state index contributed by atoms with van der Waals surface area (Å²) in [7, 11) is -3.75. The van der Waals surface area contributed by atoms with Crippen molar-refractivity contribution in [2.24, 2.45) is 0 Å². The van der Waals surface area contributed by atoms with Crippen LogP contribution in [-0.2, 0) is 10.0 Å². The molecule has 8 nitrogen and oxygen atoms in total. The Bertz CT molecular complexity index is 1450. The number of benzene rings is 1. The molecule has 170 valence electrons. The number of rotatable bonds is 7. The van der Waals surface area contributed by atoms with Crippen molar-refractivity contribution in [3.63, 3.8) is 0 Å². The van der Waals surface area contributed by atoms with Crippen LogP contribution in [0.5, 0.6) is 0 Å². The van der Waals surface area contributed by atoms with E-state index in [-0.39, 0.29) is 10.9 Å². The maximum atomic E-state index is 13.3. The van der Waals surface area contributed by atoms with E-state index >= 15 is 0 Å². The molecule has 0 radical (unpaired) electrons.